The number of aliphatic hydroxyl groups is 1. The lowest BCUT2D eigenvalue weighted by molar-refractivity contribution is -0.0172. The lowest BCUT2D eigenvalue weighted by Crippen LogP contribution is -2.61. The number of piperidine rings is 1. The average Bonchev–Trinajstić information content (AvgIpc) is 2.74. The normalized spacial score (nSPS) is 30.3. The third-order valence-electron chi connectivity index (χ3n) is 7.81. The summed E-state index contributed by atoms with van der Waals surface area (Å²) in [6.45, 7) is 2.07. The average molecular weight is 378 g/mol. The van der Waals surface area contributed by atoms with Gasteiger partial charge in [0, 0.05) is 18.0 Å². The highest BCUT2D eigenvalue weighted by Crippen LogP contribution is 2.56. The van der Waals surface area contributed by atoms with Gasteiger partial charge in [0.05, 0.1) is 6.10 Å². The van der Waals surface area contributed by atoms with E-state index in [4.69, 9.17) is 0 Å². The van der Waals surface area contributed by atoms with Gasteiger partial charge in [-0.1, -0.05) is 49.2 Å². The van der Waals surface area contributed by atoms with Crippen LogP contribution in [0.25, 0.3) is 0 Å². The number of phenolic OH excluding ortho intramolecular Hbond substituents is 1. The molecule has 1 aliphatic heterocycles. The van der Waals surface area contributed by atoms with Crippen molar-refractivity contribution in [1.29, 1.82) is 0 Å². The number of hydrogen-bond acceptors (Lipinski definition) is 3. The van der Waals surface area contributed by atoms with Crippen LogP contribution >= 0.6 is 0 Å². The number of aliphatic hydroxyl groups excluding tert-OH is 1. The first-order valence-electron chi connectivity index (χ1n) is 11.0. The molecule has 28 heavy (non-hydrogen) atoms. The van der Waals surface area contributed by atoms with E-state index in [1.807, 2.05) is 36.4 Å². The number of aromatic hydroxyl groups is 1. The Bertz CT molecular complexity index is 836. The number of phenols is 1. The number of hydrogen-bond donors (Lipinski definition) is 2. The van der Waals surface area contributed by atoms with Crippen LogP contribution in [0, 0.1) is 5.92 Å². The molecule has 148 valence electrons. The van der Waals surface area contributed by atoms with Crippen LogP contribution in [0.2, 0.25) is 0 Å². The monoisotopic (exact) mass is 377 g/mol. The highest BCUT2D eigenvalue weighted by atomic mass is 16.3. The van der Waals surface area contributed by atoms with Gasteiger partial charge in [0.1, 0.15) is 5.75 Å². The second-order valence-corrected chi connectivity index (χ2v) is 9.12. The van der Waals surface area contributed by atoms with Gasteiger partial charge in [0.15, 0.2) is 0 Å². The third kappa shape index (κ3) is 2.96. The smallest absolute Gasteiger partial charge is 0.115 e. The molecule has 2 aromatic rings. The van der Waals surface area contributed by atoms with Gasteiger partial charge in [-0.15, -0.1) is 0 Å². The summed E-state index contributed by atoms with van der Waals surface area (Å²) in [5.74, 6) is 1.11. The Morgan fingerprint density at radius 1 is 1.07 bits per heavy atom. The SMILES string of the molecule is Oc1ccc2c(c1)[C@@]13CCCC[C@H]1[C@@H](C2)N(CCC(O)c1ccccc1)CC3. The summed E-state index contributed by atoms with van der Waals surface area (Å²) in [5, 5.41) is 20.8. The molecule has 3 aliphatic rings. The Kier molecular flexibility index (Phi) is 4.68. The molecule has 2 N–H and O–H groups in total. The molecule has 1 heterocycles. The van der Waals surface area contributed by atoms with E-state index in [1.165, 1.54) is 43.2 Å². The zero-order valence-electron chi connectivity index (χ0n) is 16.6. The predicted octanol–water partition coefficient (Wildman–Crippen LogP) is 4.57. The summed E-state index contributed by atoms with van der Waals surface area (Å²) >= 11 is 0. The Hall–Kier alpha value is -1.84. The first-order chi connectivity index (χ1) is 13.7. The van der Waals surface area contributed by atoms with Crippen LogP contribution in [-0.4, -0.2) is 34.2 Å². The van der Waals surface area contributed by atoms with Crippen LogP contribution in [0.15, 0.2) is 48.5 Å². The summed E-state index contributed by atoms with van der Waals surface area (Å²) in [6, 6.07) is 16.7. The van der Waals surface area contributed by atoms with Gasteiger partial charge in [-0.05, 0) is 73.4 Å². The summed E-state index contributed by atoms with van der Waals surface area (Å²) < 4.78 is 0. The van der Waals surface area contributed by atoms with Crippen molar-refractivity contribution in [2.45, 2.75) is 62.5 Å². The fourth-order valence-electron chi connectivity index (χ4n) is 6.48. The zero-order valence-corrected chi connectivity index (χ0v) is 16.6. The lowest BCUT2D eigenvalue weighted by atomic mass is 9.52. The minimum absolute atomic E-state index is 0.268. The topological polar surface area (TPSA) is 43.7 Å². The molecule has 2 aliphatic carbocycles. The summed E-state index contributed by atoms with van der Waals surface area (Å²) in [4.78, 5) is 2.66. The molecule has 2 aromatic carbocycles. The van der Waals surface area contributed by atoms with E-state index in [0.717, 1.165) is 31.5 Å². The lowest BCUT2D eigenvalue weighted by Gasteiger charge is -2.59. The van der Waals surface area contributed by atoms with Gasteiger partial charge >= 0.3 is 0 Å². The maximum absolute atomic E-state index is 10.6. The number of rotatable bonds is 4. The first kappa shape index (κ1) is 18.2. The van der Waals surface area contributed by atoms with Crippen molar-refractivity contribution in [3.8, 4) is 5.75 Å². The number of benzene rings is 2. The Morgan fingerprint density at radius 3 is 2.79 bits per heavy atom. The van der Waals surface area contributed by atoms with Crippen molar-refractivity contribution in [3.63, 3.8) is 0 Å². The molecular weight excluding hydrogens is 346 g/mol. The third-order valence-corrected chi connectivity index (χ3v) is 7.81. The summed E-state index contributed by atoms with van der Waals surface area (Å²) in [6.07, 6.45) is 7.90. The Morgan fingerprint density at radius 2 is 1.93 bits per heavy atom. The van der Waals surface area contributed by atoms with Crippen molar-refractivity contribution in [1.82, 2.24) is 4.90 Å². The minimum atomic E-state index is -0.382. The maximum Gasteiger partial charge on any atom is 0.115 e. The van der Waals surface area contributed by atoms with Gasteiger partial charge in [0.25, 0.3) is 0 Å². The van der Waals surface area contributed by atoms with Gasteiger partial charge in [-0.3, -0.25) is 4.90 Å². The first-order valence-corrected chi connectivity index (χ1v) is 11.0. The van der Waals surface area contributed by atoms with Crippen LogP contribution < -0.4 is 0 Å². The molecule has 1 saturated carbocycles. The van der Waals surface area contributed by atoms with Gasteiger partial charge in [-0.2, -0.15) is 0 Å². The minimum Gasteiger partial charge on any atom is -0.508 e. The second kappa shape index (κ2) is 7.20. The van der Waals surface area contributed by atoms with Crippen molar-refractivity contribution in [2.24, 2.45) is 5.92 Å². The van der Waals surface area contributed by atoms with Crippen molar-refractivity contribution in [3.05, 3.63) is 65.2 Å². The summed E-state index contributed by atoms with van der Waals surface area (Å²) in [5.41, 5.74) is 4.17. The van der Waals surface area contributed by atoms with E-state index in [2.05, 4.69) is 17.0 Å². The molecule has 5 rings (SSSR count). The highest BCUT2D eigenvalue weighted by molar-refractivity contribution is 5.45. The van der Waals surface area contributed by atoms with Gasteiger partial charge < -0.3 is 10.2 Å². The molecule has 0 radical (unpaired) electrons. The van der Waals surface area contributed by atoms with Gasteiger partial charge in [0.2, 0.25) is 0 Å². The molecule has 4 atom stereocenters. The van der Waals surface area contributed by atoms with E-state index < -0.39 is 0 Å². The molecule has 0 amide bonds. The van der Waals surface area contributed by atoms with E-state index in [1.54, 1.807) is 0 Å². The highest BCUT2D eigenvalue weighted by Gasteiger charge is 2.53. The second-order valence-electron chi connectivity index (χ2n) is 9.12. The quantitative estimate of drug-likeness (QED) is 0.820. The molecule has 2 fully saturated rings. The van der Waals surface area contributed by atoms with Crippen molar-refractivity contribution >= 4 is 0 Å². The molecule has 3 nitrogen and oxygen atoms in total. The molecule has 0 spiro atoms. The number of nitrogens with zero attached hydrogens (tertiary/aromatic N) is 1. The maximum atomic E-state index is 10.6. The largest absolute Gasteiger partial charge is 0.508 e. The molecule has 1 unspecified atom stereocenters. The van der Waals surface area contributed by atoms with E-state index >= 15 is 0 Å². The van der Waals surface area contributed by atoms with Crippen LogP contribution in [0.5, 0.6) is 5.75 Å². The number of likely N-dealkylation sites (tertiary alicyclic amines) is 1. The van der Waals surface area contributed by atoms with Crippen LogP contribution in [0.1, 0.15) is 61.3 Å². The van der Waals surface area contributed by atoms with Crippen molar-refractivity contribution in [2.75, 3.05) is 13.1 Å². The number of fused-ring (bicyclic) bond motifs is 1. The van der Waals surface area contributed by atoms with E-state index in [9.17, 15) is 10.2 Å². The predicted molar refractivity (Wildman–Crippen MR) is 111 cm³/mol. The fourth-order valence-corrected chi connectivity index (χ4v) is 6.48. The fraction of sp³-hybridized carbons (Fsp3) is 0.520. The standard InChI is InChI=1S/C25H31NO2/c27-20-10-9-19-16-23-21-8-4-5-12-25(21,22(19)17-20)13-15-26(23)14-11-24(28)18-6-2-1-3-7-18/h1-3,6-7,9-10,17,21,23-24,27-28H,4-5,8,11-16H2/t21-,23+,24?,25+/m0/s1. The van der Waals surface area contributed by atoms with Crippen molar-refractivity contribution < 1.29 is 10.2 Å². The zero-order chi connectivity index (χ0) is 19.1. The Balaban J connectivity index is 1.39. The molecular formula is C25H31NO2. The molecule has 1 saturated heterocycles. The molecule has 2 bridgehead atoms. The molecule has 3 heteroatoms. The van der Waals surface area contributed by atoms with Crippen LogP contribution in [-0.2, 0) is 11.8 Å². The van der Waals surface area contributed by atoms with E-state index in [-0.39, 0.29) is 11.5 Å². The van der Waals surface area contributed by atoms with Gasteiger partial charge in [-0.25, -0.2) is 0 Å². The Labute approximate surface area is 168 Å². The van der Waals surface area contributed by atoms with Crippen LogP contribution in [0.4, 0.5) is 0 Å². The van der Waals surface area contributed by atoms with E-state index in [0.29, 0.717) is 17.7 Å². The summed E-state index contributed by atoms with van der Waals surface area (Å²) in [7, 11) is 0. The molecule has 0 aromatic heterocycles. The van der Waals surface area contributed by atoms with Crippen LogP contribution in [0.3, 0.4) is 0 Å².